The molecule has 2 nitrogen and oxygen atoms in total. The number of rotatable bonds is 5. The van der Waals surface area contributed by atoms with Gasteiger partial charge in [0.15, 0.2) is 0 Å². The van der Waals surface area contributed by atoms with Crippen molar-refractivity contribution in [2.75, 3.05) is 6.54 Å². The molecule has 0 amide bonds. The van der Waals surface area contributed by atoms with Gasteiger partial charge >= 0.3 is 0 Å². The van der Waals surface area contributed by atoms with E-state index < -0.39 is 0 Å². The number of hydrogen-bond donors (Lipinski definition) is 1. The van der Waals surface area contributed by atoms with E-state index in [1.165, 1.54) is 6.07 Å². The second-order valence-corrected chi connectivity index (χ2v) is 5.25. The molecule has 0 saturated heterocycles. The van der Waals surface area contributed by atoms with Crippen molar-refractivity contribution in [1.29, 1.82) is 0 Å². The Labute approximate surface area is 124 Å². The van der Waals surface area contributed by atoms with Crippen molar-refractivity contribution in [2.24, 2.45) is 0 Å². The molecule has 0 spiro atoms. The van der Waals surface area contributed by atoms with E-state index in [9.17, 15) is 4.39 Å². The molecule has 1 heterocycles. The van der Waals surface area contributed by atoms with Crippen LogP contribution in [0.25, 0.3) is 0 Å². The van der Waals surface area contributed by atoms with Crippen molar-refractivity contribution in [3.63, 3.8) is 0 Å². The molecule has 4 heteroatoms. The highest BCUT2D eigenvalue weighted by atomic mass is 35.5. The van der Waals surface area contributed by atoms with E-state index in [0.717, 1.165) is 23.2 Å². The molecule has 0 aliphatic carbocycles. The predicted octanol–water partition coefficient (Wildman–Crippen LogP) is 4.08. The van der Waals surface area contributed by atoms with Gasteiger partial charge in [-0.3, -0.25) is 4.98 Å². The summed E-state index contributed by atoms with van der Waals surface area (Å²) in [5.41, 5.74) is 2.87. The van der Waals surface area contributed by atoms with Gasteiger partial charge in [-0.25, -0.2) is 4.39 Å². The van der Waals surface area contributed by atoms with Crippen molar-refractivity contribution in [3.8, 4) is 0 Å². The van der Waals surface area contributed by atoms with Gasteiger partial charge in [-0.2, -0.15) is 0 Å². The summed E-state index contributed by atoms with van der Waals surface area (Å²) >= 11 is 6.15. The topological polar surface area (TPSA) is 24.9 Å². The first-order valence-electron chi connectivity index (χ1n) is 6.69. The fraction of sp³-hybridized carbons (Fsp3) is 0.312. The molecule has 2 rings (SSSR count). The Hall–Kier alpha value is -1.45. The largest absolute Gasteiger partial charge is 0.310 e. The quantitative estimate of drug-likeness (QED) is 0.898. The van der Waals surface area contributed by atoms with Gasteiger partial charge in [-0.1, -0.05) is 24.6 Å². The van der Waals surface area contributed by atoms with Gasteiger partial charge in [0.25, 0.3) is 0 Å². The van der Waals surface area contributed by atoms with Crippen molar-refractivity contribution in [1.82, 2.24) is 10.3 Å². The maximum absolute atomic E-state index is 13.6. The number of nitrogens with one attached hydrogen (secondary N) is 1. The molecule has 1 unspecified atom stereocenters. The number of hydrogen-bond acceptors (Lipinski definition) is 2. The van der Waals surface area contributed by atoms with Gasteiger partial charge in [0.1, 0.15) is 5.82 Å². The molecular formula is C16H18ClFN2. The van der Waals surface area contributed by atoms with Crippen LogP contribution in [-0.4, -0.2) is 11.5 Å². The third-order valence-electron chi connectivity index (χ3n) is 3.20. The van der Waals surface area contributed by atoms with Crippen molar-refractivity contribution < 1.29 is 4.39 Å². The number of likely N-dealkylation sites (N-methyl/N-ethyl adjacent to an activating group) is 1. The predicted molar refractivity (Wildman–Crippen MR) is 80.5 cm³/mol. The summed E-state index contributed by atoms with van der Waals surface area (Å²) < 4.78 is 13.6. The van der Waals surface area contributed by atoms with E-state index in [0.29, 0.717) is 11.4 Å². The van der Waals surface area contributed by atoms with E-state index >= 15 is 0 Å². The number of pyridine rings is 1. The van der Waals surface area contributed by atoms with Gasteiger partial charge in [0, 0.05) is 18.4 Å². The molecule has 0 fully saturated rings. The van der Waals surface area contributed by atoms with Crippen LogP contribution in [0.3, 0.4) is 0 Å². The van der Waals surface area contributed by atoms with Crippen LogP contribution in [-0.2, 0) is 6.42 Å². The zero-order valence-corrected chi connectivity index (χ0v) is 12.4. The van der Waals surface area contributed by atoms with Crippen molar-refractivity contribution in [3.05, 3.63) is 64.2 Å². The van der Waals surface area contributed by atoms with E-state index in [-0.39, 0.29) is 11.9 Å². The van der Waals surface area contributed by atoms with Crippen molar-refractivity contribution in [2.45, 2.75) is 26.3 Å². The Morgan fingerprint density at radius 2 is 2.15 bits per heavy atom. The maximum atomic E-state index is 13.6. The normalized spacial score (nSPS) is 12.4. The Morgan fingerprint density at radius 3 is 2.80 bits per heavy atom. The molecule has 2 aromatic rings. The first-order chi connectivity index (χ1) is 9.60. The minimum Gasteiger partial charge on any atom is -0.310 e. The average Bonchev–Trinajstić information content (AvgIpc) is 2.39. The van der Waals surface area contributed by atoms with Crippen LogP contribution in [0.15, 0.2) is 36.7 Å². The Bertz CT molecular complexity index is 566. The fourth-order valence-electron chi connectivity index (χ4n) is 2.31. The first kappa shape index (κ1) is 14.9. The molecule has 20 heavy (non-hydrogen) atoms. The number of aryl methyl sites for hydroxylation is 1. The van der Waals surface area contributed by atoms with E-state index in [1.54, 1.807) is 18.5 Å². The minimum atomic E-state index is -0.205. The summed E-state index contributed by atoms with van der Waals surface area (Å²) in [4.78, 5) is 3.99. The second kappa shape index (κ2) is 6.82. The monoisotopic (exact) mass is 292 g/mol. The molecule has 1 aromatic carbocycles. The highest BCUT2D eigenvalue weighted by Crippen LogP contribution is 2.24. The van der Waals surface area contributed by atoms with Crippen LogP contribution in [0.1, 0.15) is 29.7 Å². The number of halogens is 2. The van der Waals surface area contributed by atoms with E-state index in [2.05, 4.69) is 10.3 Å². The zero-order chi connectivity index (χ0) is 14.5. The van der Waals surface area contributed by atoms with Gasteiger partial charge in [-0.05, 0) is 54.8 Å². The molecule has 106 valence electrons. The SMILES string of the molecule is CCNC(Cc1ccncc1Cl)c1cc(C)cc(F)c1. The van der Waals surface area contributed by atoms with Crippen LogP contribution in [0.2, 0.25) is 5.02 Å². The number of benzene rings is 1. The van der Waals surface area contributed by atoms with Crippen LogP contribution in [0, 0.1) is 12.7 Å². The van der Waals surface area contributed by atoms with Crippen LogP contribution in [0.4, 0.5) is 4.39 Å². The Balaban J connectivity index is 2.29. The molecule has 0 aliphatic rings. The van der Waals surface area contributed by atoms with Crippen LogP contribution < -0.4 is 5.32 Å². The minimum absolute atomic E-state index is 0.0364. The zero-order valence-electron chi connectivity index (χ0n) is 11.7. The number of nitrogens with zero attached hydrogens (tertiary/aromatic N) is 1. The molecule has 1 N–H and O–H groups in total. The molecule has 0 saturated carbocycles. The first-order valence-corrected chi connectivity index (χ1v) is 7.06. The smallest absolute Gasteiger partial charge is 0.123 e. The molecular weight excluding hydrogens is 275 g/mol. The van der Waals surface area contributed by atoms with E-state index in [4.69, 9.17) is 11.6 Å². The average molecular weight is 293 g/mol. The summed E-state index contributed by atoms with van der Waals surface area (Å²) in [6.07, 6.45) is 4.07. The lowest BCUT2D eigenvalue weighted by Gasteiger charge is -2.19. The van der Waals surface area contributed by atoms with E-state index in [1.807, 2.05) is 26.0 Å². The highest BCUT2D eigenvalue weighted by Gasteiger charge is 2.14. The summed E-state index contributed by atoms with van der Waals surface area (Å²) in [7, 11) is 0. The van der Waals surface area contributed by atoms with Gasteiger partial charge in [-0.15, -0.1) is 0 Å². The van der Waals surface area contributed by atoms with Gasteiger partial charge in [0.05, 0.1) is 5.02 Å². The fourth-order valence-corrected chi connectivity index (χ4v) is 2.51. The molecule has 0 aliphatic heterocycles. The summed E-state index contributed by atoms with van der Waals surface area (Å²) in [6.45, 7) is 4.74. The summed E-state index contributed by atoms with van der Waals surface area (Å²) in [5.74, 6) is -0.205. The summed E-state index contributed by atoms with van der Waals surface area (Å²) in [5, 5.41) is 4.03. The Kier molecular flexibility index (Phi) is 5.10. The molecule has 1 atom stereocenters. The third-order valence-corrected chi connectivity index (χ3v) is 3.54. The molecule has 1 aromatic heterocycles. The maximum Gasteiger partial charge on any atom is 0.123 e. The number of aromatic nitrogens is 1. The van der Waals surface area contributed by atoms with Gasteiger partial charge in [0.2, 0.25) is 0 Å². The standard InChI is InChI=1S/C16H18ClFN2/c1-3-20-16(9-12-4-5-19-10-15(12)17)13-6-11(2)7-14(18)8-13/h4-8,10,16,20H,3,9H2,1-2H3. The highest BCUT2D eigenvalue weighted by molar-refractivity contribution is 6.31. The summed E-state index contributed by atoms with van der Waals surface area (Å²) in [6, 6.07) is 7.06. The Morgan fingerprint density at radius 1 is 1.35 bits per heavy atom. The lowest BCUT2D eigenvalue weighted by Crippen LogP contribution is -2.23. The lowest BCUT2D eigenvalue weighted by molar-refractivity contribution is 0.542. The molecule has 0 radical (unpaired) electrons. The van der Waals surface area contributed by atoms with Crippen LogP contribution in [0.5, 0.6) is 0 Å². The van der Waals surface area contributed by atoms with Crippen molar-refractivity contribution >= 4 is 11.6 Å². The third kappa shape index (κ3) is 3.78. The van der Waals surface area contributed by atoms with Crippen LogP contribution >= 0.6 is 11.6 Å². The molecule has 0 bridgehead atoms. The second-order valence-electron chi connectivity index (χ2n) is 4.84. The lowest BCUT2D eigenvalue weighted by atomic mass is 9.98. The van der Waals surface area contributed by atoms with Gasteiger partial charge < -0.3 is 5.32 Å².